The van der Waals surface area contributed by atoms with Crippen molar-refractivity contribution < 1.29 is 4.39 Å². The van der Waals surface area contributed by atoms with Crippen molar-refractivity contribution in [3.63, 3.8) is 0 Å². The number of hydrogen-bond acceptors (Lipinski definition) is 2. The Kier molecular flexibility index (Phi) is 4.87. The molecule has 0 heterocycles. The SMILES string of the molecule is CCC(Nc1cccc(F)c1C(N)=S)C(C)C. The van der Waals surface area contributed by atoms with Gasteiger partial charge in [-0.3, -0.25) is 0 Å². The molecular formula is C13H19FN2S. The molecule has 0 radical (unpaired) electrons. The van der Waals surface area contributed by atoms with Gasteiger partial charge in [-0.05, 0) is 24.5 Å². The monoisotopic (exact) mass is 254 g/mol. The molecule has 0 fully saturated rings. The summed E-state index contributed by atoms with van der Waals surface area (Å²) in [7, 11) is 0. The van der Waals surface area contributed by atoms with Crippen molar-refractivity contribution in [1.82, 2.24) is 0 Å². The number of thiocarbonyl (C=S) groups is 1. The Labute approximate surface area is 107 Å². The largest absolute Gasteiger partial charge is 0.389 e. The number of rotatable bonds is 5. The third-order valence-corrected chi connectivity index (χ3v) is 3.05. The molecule has 94 valence electrons. The summed E-state index contributed by atoms with van der Waals surface area (Å²) < 4.78 is 13.6. The Morgan fingerprint density at radius 3 is 2.59 bits per heavy atom. The number of nitrogens with one attached hydrogen (secondary N) is 1. The van der Waals surface area contributed by atoms with Crippen LogP contribution in [-0.2, 0) is 0 Å². The summed E-state index contributed by atoms with van der Waals surface area (Å²) in [5.41, 5.74) is 6.55. The van der Waals surface area contributed by atoms with E-state index in [9.17, 15) is 4.39 Å². The van der Waals surface area contributed by atoms with Gasteiger partial charge in [0.25, 0.3) is 0 Å². The van der Waals surface area contributed by atoms with E-state index in [4.69, 9.17) is 18.0 Å². The highest BCUT2D eigenvalue weighted by atomic mass is 32.1. The summed E-state index contributed by atoms with van der Waals surface area (Å²) in [5.74, 6) is 0.0866. The Balaban J connectivity index is 3.05. The van der Waals surface area contributed by atoms with E-state index in [-0.39, 0.29) is 16.8 Å². The zero-order valence-electron chi connectivity index (χ0n) is 10.5. The zero-order chi connectivity index (χ0) is 13.0. The highest BCUT2D eigenvalue weighted by Gasteiger charge is 2.16. The standard InChI is InChI=1S/C13H19FN2S/c1-4-10(8(2)3)16-11-7-5-6-9(14)12(11)13(15)17/h5-8,10,16H,4H2,1-3H3,(H2,15,17). The first-order valence-corrected chi connectivity index (χ1v) is 6.23. The number of hydrogen-bond donors (Lipinski definition) is 2. The van der Waals surface area contributed by atoms with Gasteiger partial charge in [0, 0.05) is 11.7 Å². The maximum atomic E-state index is 13.6. The molecule has 1 aromatic rings. The molecule has 0 bridgehead atoms. The maximum absolute atomic E-state index is 13.6. The van der Waals surface area contributed by atoms with E-state index in [1.54, 1.807) is 6.07 Å². The molecule has 0 aliphatic heterocycles. The van der Waals surface area contributed by atoms with Crippen LogP contribution in [-0.4, -0.2) is 11.0 Å². The average Bonchev–Trinajstić information content (AvgIpc) is 2.24. The predicted molar refractivity (Wildman–Crippen MR) is 74.8 cm³/mol. The highest BCUT2D eigenvalue weighted by molar-refractivity contribution is 7.80. The van der Waals surface area contributed by atoms with E-state index < -0.39 is 0 Å². The molecule has 17 heavy (non-hydrogen) atoms. The van der Waals surface area contributed by atoms with Gasteiger partial charge in [-0.1, -0.05) is 39.1 Å². The van der Waals surface area contributed by atoms with Gasteiger partial charge >= 0.3 is 0 Å². The molecule has 1 aromatic carbocycles. The van der Waals surface area contributed by atoms with Gasteiger partial charge in [-0.25, -0.2) is 4.39 Å². The smallest absolute Gasteiger partial charge is 0.135 e. The molecule has 4 heteroatoms. The maximum Gasteiger partial charge on any atom is 0.135 e. The number of halogens is 1. The van der Waals surface area contributed by atoms with Crippen LogP contribution in [0.2, 0.25) is 0 Å². The van der Waals surface area contributed by atoms with E-state index in [2.05, 4.69) is 26.1 Å². The molecule has 0 aliphatic rings. The van der Waals surface area contributed by atoms with Crippen LogP contribution in [0, 0.1) is 11.7 Å². The van der Waals surface area contributed by atoms with Gasteiger partial charge in [-0.2, -0.15) is 0 Å². The first-order valence-electron chi connectivity index (χ1n) is 5.82. The molecule has 0 spiro atoms. The lowest BCUT2D eigenvalue weighted by Gasteiger charge is -2.23. The van der Waals surface area contributed by atoms with Gasteiger partial charge < -0.3 is 11.1 Å². The topological polar surface area (TPSA) is 38.0 Å². The predicted octanol–water partition coefficient (Wildman–Crippen LogP) is 3.31. The lowest BCUT2D eigenvalue weighted by Crippen LogP contribution is -2.26. The van der Waals surface area contributed by atoms with Crippen molar-refractivity contribution in [2.75, 3.05) is 5.32 Å². The molecule has 0 saturated heterocycles. The van der Waals surface area contributed by atoms with E-state index >= 15 is 0 Å². The van der Waals surface area contributed by atoms with Crippen LogP contribution in [0.5, 0.6) is 0 Å². The summed E-state index contributed by atoms with van der Waals surface area (Å²) in [4.78, 5) is 0.0872. The molecule has 0 aromatic heterocycles. The second-order valence-electron chi connectivity index (χ2n) is 4.43. The minimum Gasteiger partial charge on any atom is -0.389 e. The summed E-state index contributed by atoms with van der Waals surface area (Å²) in [6.45, 7) is 6.35. The van der Waals surface area contributed by atoms with E-state index in [0.717, 1.165) is 6.42 Å². The summed E-state index contributed by atoms with van der Waals surface area (Å²) in [6, 6.07) is 5.12. The fraction of sp³-hybridized carbons (Fsp3) is 0.462. The first-order chi connectivity index (χ1) is 7.97. The Morgan fingerprint density at radius 1 is 1.47 bits per heavy atom. The highest BCUT2D eigenvalue weighted by Crippen LogP contribution is 2.22. The van der Waals surface area contributed by atoms with Gasteiger partial charge in [-0.15, -0.1) is 0 Å². The Bertz CT molecular complexity index is 404. The summed E-state index contributed by atoms with van der Waals surface area (Å²) >= 11 is 4.89. The number of benzene rings is 1. The van der Waals surface area contributed by atoms with Crippen LogP contribution < -0.4 is 11.1 Å². The normalized spacial score (nSPS) is 12.5. The molecule has 1 atom stereocenters. The van der Waals surface area contributed by atoms with Crippen LogP contribution in [0.1, 0.15) is 32.8 Å². The van der Waals surface area contributed by atoms with Crippen LogP contribution in [0.4, 0.5) is 10.1 Å². The van der Waals surface area contributed by atoms with Crippen LogP contribution in [0.3, 0.4) is 0 Å². The minimum absolute atomic E-state index is 0.0872. The fourth-order valence-corrected chi connectivity index (χ4v) is 2.04. The van der Waals surface area contributed by atoms with Gasteiger partial charge in [0.15, 0.2) is 0 Å². The Morgan fingerprint density at radius 2 is 2.12 bits per heavy atom. The molecular weight excluding hydrogens is 235 g/mol. The van der Waals surface area contributed by atoms with Crippen molar-refractivity contribution in [2.45, 2.75) is 33.2 Å². The van der Waals surface area contributed by atoms with Crippen molar-refractivity contribution >= 4 is 22.9 Å². The molecule has 1 rings (SSSR count). The quantitative estimate of drug-likeness (QED) is 0.792. The van der Waals surface area contributed by atoms with Crippen molar-refractivity contribution in [2.24, 2.45) is 11.7 Å². The van der Waals surface area contributed by atoms with Crippen LogP contribution in [0.25, 0.3) is 0 Å². The number of anilines is 1. The molecule has 0 saturated carbocycles. The average molecular weight is 254 g/mol. The summed E-state index contributed by atoms with van der Waals surface area (Å²) in [6.07, 6.45) is 0.963. The van der Waals surface area contributed by atoms with Crippen LogP contribution >= 0.6 is 12.2 Å². The van der Waals surface area contributed by atoms with E-state index in [0.29, 0.717) is 17.2 Å². The summed E-state index contributed by atoms with van der Waals surface area (Å²) in [5, 5.41) is 3.31. The molecule has 0 aliphatic carbocycles. The minimum atomic E-state index is -0.374. The Hall–Kier alpha value is -1.16. The molecule has 3 N–H and O–H groups in total. The second kappa shape index (κ2) is 5.96. The molecule has 1 unspecified atom stereocenters. The van der Waals surface area contributed by atoms with Crippen molar-refractivity contribution in [3.05, 3.63) is 29.6 Å². The van der Waals surface area contributed by atoms with Gasteiger partial charge in [0.05, 0.1) is 5.56 Å². The van der Waals surface area contributed by atoms with E-state index in [1.165, 1.54) is 6.07 Å². The van der Waals surface area contributed by atoms with Crippen molar-refractivity contribution in [3.8, 4) is 0 Å². The van der Waals surface area contributed by atoms with Crippen molar-refractivity contribution in [1.29, 1.82) is 0 Å². The fourth-order valence-electron chi connectivity index (χ4n) is 1.83. The third-order valence-electron chi connectivity index (χ3n) is 2.85. The second-order valence-corrected chi connectivity index (χ2v) is 4.87. The van der Waals surface area contributed by atoms with Gasteiger partial charge in [0.1, 0.15) is 10.8 Å². The molecule has 2 nitrogen and oxygen atoms in total. The third kappa shape index (κ3) is 3.40. The van der Waals surface area contributed by atoms with E-state index in [1.807, 2.05) is 6.07 Å². The van der Waals surface area contributed by atoms with Gasteiger partial charge in [0.2, 0.25) is 0 Å². The number of nitrogens with two attached hydrogens (primary N) is 1. The van der Waals surface area contributed by atoms with Crippen LogP contribution in [0.15, 0.2) is 18.2 Å². The molecule has 0 amide bonds. The first kappa shape index (κ1) is 13.9. The zero-order valence-corrected chi connectivity index (χ0v) is 11.3. The lowest BCUT2D eigenvalue weighted by atomic mass is 10.0. The lowest BCUT2D eigenvalue weighted by molar-refractivity contribution is 0.510.